The monoisotopic (exact) mass is 175 g/mol. The minimum atomic E-state index is -0.305. The van der Waals surface area contributed by atoms with Crippen LogP contribution in [-0.2, 0) is 0 Å². The second kappa shape index (κ2) is 4.77. The zero-order chi connectivity index (χ0) is 8.97. The molecule has 0 aromatic carbocycles. The van der Waals surface area contributed by atoms with Gasteiger partial charge in [0.15, 0.2) is 0 Å². The van der Waals surface area contributed by atoms with Gasteiger partial charge in [0.25, 0.3) is 0 Å². The largest absolute Gasteiger partial charge is 0.395 e. The van der Waals surface area contributed by atoms with Crippen LogP contribution in [0.4, 0.5) is 4.39 Å². The van der Waals surface area contributed by atoms with Gasteiger partial charge in [-0.15, -0.1) is 0 Å². The third kappa shape index (κ3) is 2.17. The molecule has 1 heterocycles. The van der Waals surface area contributed by atoms with E-state index in [9.17, 15) is 4.39 Å². The number of aliphatic hydroxyl groups excluding tert-OH is 1. The summed E-state index contributed by atoms with van der Waals surface area (Å²) in [5.74, 6) is 0. The molecule has 0 radical (unpaired) electrons. The lowest BCUT2D eigenvalue weighted by Crippen LogP contribution is -2.47. The third-order valence-corrected chi connectivity index (χ3v) is 2.75. The van der Waals surface area contributed by atoms with Gasteiger partial charge < -0.3 is 5.11 Å². The van der Waals surface area contributed by atoms with Crippen LogP contribution >= 0.6 is 0 Å². The minimum absolute atomic E-state index is 0.171. The van der Waals surface area contributed by atoms with E-state index in [1.165, 1.54) is 0 Å². The summed E-state index contributed by atoms with van der Waals surface area (Å²) in [6.07, 6.45) is 3.31. The number of aliphatic hydroxyl groups is 1. The Labute approximate surface area is 73.4 Å². The first kappa shape index (κ1) is 9.93. The van der Waals surface area contributed by atoms with Crippen LogP contribution < -0.4 is 0 Å². The Morgan fingerprint density at radius 1 is 1.50 bits per heavy atom. The maximum atomic E-state index is 12.1. The van der Waals surface area contributed by atoms with Gasteiger partial charge in [-0.05, 0) is 19.8 Å². The second-order valence-corrected chi connectivity index (χ2v) is 3.54. The van der Waals surface area contributed by atoms with E-state index in [-0.39, 0.29) is 19.3 Å². The standard InChI is InChI=1S/C9H18FNO/c1-8-3-2-4-9(7-12)11(8)6-5-10/h8-9,12H,2-7H2,1H3. The Morgan fingerprint density at radius 2 is 2.25 bits per heavy atom. The van der Waals surface area contributed by atoms with Gasteiger partial charge >= 0.3 is 0 Å². The van der Waals surface area contributed by atoms with Crippen molar-refractivity contribution in [2.45, 2.75) is 38.3 Å². The molecule has 1 saturated heterocycles. The number of nitrogens with zero attached hydrogens (tertiary/aromatic N) is 1. The molecular formula is C9H18FNO. The fourth-order valence-corrected chi connectivity index (χ4v) is 2.04. The van der Waals surface area contributed by atoms with Gasteiger partial charge in [0.2, 0.25) is 0 Å². The van der Waals surface area contributed by atoms with Crippen LogP contribution in [0.2, 0.25) is 0 Å². The van der Waals surface area contributed by atoms with Crippen molar-refractivity contribution < 1.29 is 9.50 Å². The summed E-state index contributed by atoms with van der Waals surface area (Å²) in [7, 11) is 0. The molecule has 0 spiro atoms. The molecule has 1 fully saturated rings. The predicted molar refractivity (Wildman–Crippen MR) is 46.9 cm³/mol. The Bertz CT molecular complexity index is 132. The third-order valence-electron chi connectivity index (χ3n) is 2.75. The van der Waals surface area contributed by atoms with Crippen molar-refractivity contribution in [3.63, 3.8) is 0 Å². The first-order valence-corrected chi connectivity index (χ1v) is 4.72. The predicted octanol–water partition coefficient (Wildman–Crippen LogP) is 1.19. The maximum Gasteiger partial charge on any atom is 0.102 e. The molecule has 0 amide bonds. The molecule has 2 unspecified atom stereocenters. The number of alkyl halides is 1. The van der Waals surface area contributed by atoms with Gasteiger partial charge in [0, 0.05) is 18.6 Å². The van der Waals surface area contributed by atoms with E-state index in [1.807, 2.05) is 0 Å². The van der Waals surface area contributed by atoms with E-state index in [0.717, 1.165) is 19.3 Å². The van der Waals surface area contributed by atoms with E-state index in [2.05, 4.69) is 11.8 Å². The number of hydrogen-bond acceptors (Lipinski definition) is 2. The maximum absolute atomic E-state index is 12.1. The van der Waals surface area contributed by atoms with Crippen LogP contribution in [0.5, 0.6) is 0 Å². The molecule has 1 aliphatic heterocycles. The van der Waals surface area contributed by atoms with E-state index in [1.54, 1.807) is 0 Å². The quantitative estimate of drug-likeness (QED) is 0.696. The SMILES string of the molecule is CC1CCCC(CO)N1CCF. The topological polar surface area (TPSA) is 23.5 Å². The summed E-state index contributed by atoms with van der Waals surface area (Å²) >= 11 is 0. The van der Waals surface area contributed by atoms with E-state index in [0.29, 0.717) is 12.6 Å². The number of hydrogen-bond donors (Lipinski definition) is 1. The number of rotatable bonds is 3. The molecule has 0 aliphatic carbocycles. The lowest BCUT2D eigenvalue weighted by atomic mass is 9.97. The van der Waals surface area contributed by atoms with Crippen LogP contribution in [0, 0.1) is 0 Å². The molecule has 0 saturated carbocycles. The van der Waals surface area contributed by atoms with Crippen molar-refractivity contribution in [2.75, 3.05) is 19.8 Å². The lowest BCUT2D eigenvalue weighted by Gasteiger charge is -2.39. The molecule has 0 aromatic rings. The zero-order valence-electron chi connectivity index (χ0n) is 7.67. The summed E-state index contributed by atoms with van der Waals surface area (Å²) in [6.45, 7) is 2.45. The van der Waals surface area contributed by atoms with Gasteiger partial charge in [-0.25, -0.2) is 4.39 Å². The van der Waals surface area contributed by atoms with Crippen molar-refractivity contribution in [3.05, 3.63) is 0 Å². The van der Waals surface area contributed by atoms with Gasteiger partial charge in [-0.2, -0.15) is 0 Å². The van der Waals surface area contributed by atoms with Crippen molar-refractivity contribution >= 4 is 0 Å². The van der Waals surface area contributed by atoms with Crippen LogP contribution in [-0.4, -0.2) is 41.9 Å². The summed E-state index contributed by atoms with van der Waals surface area (Å²) in [5.41, 5.74) is 0. The van der Waals surface area contributed by atoms with Gasteiger partial charge in [-0.1, -0.05) is 6.42 Å². The smallest absolute Gasteiger partial charge is 0.102 e. The summed E-state index contributed by atoms with van der Waals surface area (Å²) in [5, 5.41) is 9.04. The lowest BCUT2D eigenvalue weighted by molar-refractivity contribution is 0.0471. The normalized spacial score (nSPS) is 32.2. The molecule has 72 valence electrons. The highest BCUT2D eigenvalue weighted by Crippen LogP contribution is 2.21. The first-order chi connectivity index (χ1) is 5.79. The molecular weight excluding hydrogens is 157 g/mol. The van der Waals surface area contributed by atoms with Crippen molar-refractivity contribution in [1.29, 1.82) is 0 Å². The average molecular weight is 175 g/mol. The number of likely N-dealkylation sites (tertiary alicyclic amines) is 1. The Kier molecular flexibility index (Phi) is 3.95. The van der Waals surface area contributed by atoms with Gasteiger partial charge in [-0.3, -0.25) is 4.90 Å². The van der Waals surface area contributed by atoms with Crippen LogP contribution in [0.1, 0.15) is 26.2 Å². The van der Waals surface area contributed by atoms with Crippen LogP contribution in [0.15, 0.2) is 0 Å². The minimum Gasteiger partial charge on any atom is -0.395 e. The van der Waals surface area contributed by atoms with Gasteiger partial charge in [0.1, 0.15) is 6.67 Å². The van der Waals surface area contributed by atoms with E-state index < -0.39 is 0 Å². The Morgan fingerprint density at radius 3 is 2.83 bits per heavy atom. The average Bonchev–Trinajstić information content (AvgIpc) is 2.09. The number of piperidine rings is 1. The number of halogens is 1. The molecule has 1 aliphatic rings. The zero-order valence-corrected chi connectivity index (χ0v) is 7.67. The molecule has 0 bridgehead atoms. The summed E-state index contributed by atoms with van der Waals surface area (Å²) in [6, 6.07) is 0.635. The van der Waals surface area contributed by atoms with E-state index in [4.69, 9.17) is 5.11 Å². The van der Waals surface area contributed by atoms with Gasteiger partial charge in [0.05, 0.1) is 6.61 Å². The second-order valence-electron chi connectivity index (χ2n) is 3.54. The fourth-order valence-electron chi connectivity index (χ4n) is 2.04. The van der Waals surface area contributed by atoms with Crippen LogP contribution in [0.3, 0.4) is 0 Å². The first-order valence-electron chi connectivity index (χ1n) is 4.72. The Balaban J connectivity index is 2.47. The van der Waals surface area contributed by atoms with Crippen LogP contribution in [0.25, 0.3) is 0 Å². The highest BCUT2D eigenvalue weighted by atomic mass is 19.1. The highest BCUT2D eigenvalue weighted by Gasteiger charge is 2.26. The molecule has 2 atom stereocenters. The molecule has 1 rings (SSSR count). The molecule has 1 N–H and O–H groups in total. The molecule has 0 aromatic heterocycles. The fraction of sp³-hybridized carbons (Fsp3) is 1.00. The molecule has 2 nitrogen and oxygen atoms in total. The summed E-state index contributed by atoms with van der Waals surface area (Å²) in [4.78, 5) is 2.09. The van der Waals surface area contributed by atoms with E-state index >= 15 is 0 Å². The Hall–Kier alpha value is -0.150. The molecule has 3 heteroatoms. The van der Waals surface area contributed by atoms with Crippen molar-refractivity contribution in [1.82, 2.24) is 4.90 Å². The van der Waals surface area contributed by atoms with Crippen molar-refractivity contribution in [3.8, 4) is 0 Å². The highest BCUT2D eigenvalue weighted by molar-refractivity contribution is 4.81. The van der Waals surface area contributed by atoms with Crippen molar-refractivity contribution in [2.24, 2.45) is 0 Å². The summed E-state index contributed by atoms with van der Waals surface area (Å²) < 4.78 is 12.1. The molecule has 12 heavy (non-hydrogen) atoms.